The van der Waals surface area contributed by atoms with Crippen molar-refractivity contribution in [3.63, 3.8) is 0 Å². The highest BCUT2D eigenvalue weighted by molar-refractivity contribution is 7.09. The first-order chi connectivity index (χ1) is 10.2. The van der Waals surface area contributed by atoms with Gasteiger partial charge >= 0.3 is 0 Å². The third-order valence-corrected chi connectivity index (χ3v) is 4.64. The molecule has 0 aliphatic heterocycles. The molecule has 1 aliphatic rings. The molecule has 1 fully saturated rings. The van der Waals surface area contributed by atoms with Gasteiger partial charge in [0.15, 0.2) is 0 Å². The summed E-state index contributed by atoms with van der Waals surface area (Å²) in [6, 6.07) is 6.55. The van der Waals surface area contributed by atoms with Gasteiger partial charge in [-0.1, -0.05) is 0 Å². The lowest BCUT2D eigenvalue weighted by atomic mass is 10.1. The molecule has 3 rings (SSSR count). The molecule has 1 saturated carbocycles. The van der Waals surface area contributed by atoms with Gasteiger partial charge in [-0.05, 0) is 38.0 Å². The van der Waals surface area contributed by atoms with E-state index in [4.69, 9.17) is 9.47 Å². The summed E-state index contributed by atoms with van der Waals surface area (Å²) in [5.41, 5.74) is 2.14. The van der Waals surface area contributed by atoms with Gasteiger partial charge in [-0.3, -0.25) is 0 Å². The van der Waals surface area contributed by atoms with Gasteiger partial charge in [-0.15, -0.1) is 11.3 Å². The fraction of sp³-hybridized carbons (Fsp3) is 0.438. The molecule has 1 atom stereocenters. The summed E-state index contributed by atoms with van der Waals surface area (Å²) in [6.07, 6.45) is 2.46. The fourth-order valence-corrected chi connectivity index (χ4v) is 3.22. The smallest absolute Gasteiger partial charge is 0.124 e. The summed E-state index contributed by atoms with van der Waals surface area (Å²) in [5, 5.41) is 6.84. The Balaban J connectivity index is 2.01. The van der Waals surface area contributed by atoms with Crippen molar-refractivity contribution < 1.29 is 9.47 Å². The summed E-state index contributed by atoms with van der Waals surface area (Å²) in [5.74, 6) is 1.70. The van der Waals surface area contributed by atoms with Crippen molar-refractivity contribution in [1.29, 1.82) is 0 Å². The lowest BCUT2D eigenvalue weighted by Crippen LogP contribution is -2.25. The molecule has 0 spiro atoms. The Morgan fingerprint density at radius 2 is 2.10 bits per heavy atom. The predicted molar refractivity (Wildman–Crippen MR) is 84.4 cm³/mol. The number of methoxy groups -OCH3 is 2. The summed E-state index contributed by atoms with van der Waals surface area (Å²) >= 11 is 1.68. The number of ether oxygens (including phenoxy) is 2. The van der Waals surface area contributed by atoms with Crippen LogP contribution in [0.5, 0.6) is 11.5 Å². The molecule has 0 radical (unpaired) electrons. The minimum atomic E-state index is 0.0567. The minimum Gasteiger partial charge on any atom is -0.497 e. The van der Waals surface area contributed by atoms with Crippen LogP contribution in [-0.4, -0.2) is 25.2 Å². The van der Waals surface area contributed by atoms with Gasteiger partial charge in [-0.25, -0.2) is 4.98 Å². The number of nitrogens with one attached hydrogen (secondary N) is 1. The second-order valence-electron chi connectivity index (χ2n) is 5.31. The summed E-state index contributed by atoms with van der Waals surface area (Å²) in [7, 11) is 3.38. The van der Waals surface area contributed by atoms with Crippen molar-refractivity contribution in [2.24, 2.45) is 0 Å². The van der Waals surface area contributed by atoms with Crippen LogP contribution < -0.4 is 14.8 Å². The maximum Gasteiger partial charge on any atom is 0.124 e. The Morgan fingerprint density at radius 3 is 2.67 bits per heavy atom. The van der Waals surface area contributed by atoms with Gasteiger partial charge in [0.1, 0.15) is 16.5 Å². The van der Waals surface area contributed by atoms with Gasteiger partial charge in [-0.2, -0.15) is 0 Å². The summed E-state index contributed by atoms with van der Waals surface area (Å²) < 4.78 is 10.9. The Hall–Kier alpha value is -1.59. The number of thiazole rings is 1. The van der Waals surface area contributed by atoms with E-state index in [1.807, 2.05) is 25.1 Å². The van der Waals surface area contributed by atoms with E-state index in [1.54, 1.807) is 25.6 Å². The first-order valence-electron chi connectivity index (χ1n) is 7.11. The van der Waals surface area contributed by atoms with Crippen LogP contribution in [0.4, 0.5) is 0 Å². The first-order valence-corrected chi connectivity index (χ1v) is 7.99. The molecular weight excluding hydrogens is 284 g/mol. The van der Waals surface area contributed by atoms with E-state index in [2.05, 4.69) is 15.7 Å². The molecule has 1 aliphatic carbocycles. The molecule has 2 aromatic rings. The number of rotatable bonds is 6. The van der Waals surface area contributed by atoms with Gasteiger partial charge in [0, 0.05) is 22.7 Å². The zero-order valence-electron chi connectivity index (χ0n) is 12.6. The standard InChI is InChI=1S/C16H20N2O2S/c1-10-9-21-16(17-10)15(18-11-4-5-11)13-8-12(19-2)6-7-14(13)20-3/h6-9,11,15,18H,4-5H2,1-3H3. The van der Waals surface area contributed by atoms with E-state index < -0.39 is 0 Å². The molecule has 1 unspecified atom stereocenters. The zero-order valence-corrected chi connectivity index (χ0v) is 13.4. The van der Waals surface area contributed by atoms with Crippen molar-refractivity contribution >= 4 is 11.3 Å². The summed E-state index contributed by atoms with van der Waals surface area (Å²) in [6.45, 7) is 2.02. The lowest BCUT2D eigenvalue weighted by molar-refractivity contribution is 0.393. The van der Waals surface area contributed by atoms with Crippen molar-refractivity contribution in [2.75, 3.05) is 14.2 Å². The number of hydrogen-bond acceptors (Lipinski definition) is 5. The lowest BCUT2D eigenvalue weighted by Gasteiger charge is -2.20. The molecule has 0 saturated heterocycles. The van der Waals surface area contributed by atoms with Crippen molar-refractivity contribution in [2.45, 2.75) is 31.8 Å². The first kappa shape index (κ1) is 14.4. The highest BCUT2D eigenvalue weighted by atomic mass is 32.1. The van der Waals surface area contributed by atoms with Crippen molar-refractivity contribution in [1.82, 2.24) is 10.3 Å². The van der Waals surface area contributed by atoms with Crippen LogP contribution >= 0.6 is 11.3 Å². The van der Waals surface area contributed by atoms with Gasteiger partial charge < -0.3 is 14.8 Å². The Morgan fingerprint density at radius 1 is 1.29 bits per heavy atom. The Kier molecular flexibility index (Phi) is 4.12. The predicted octanol–water partition coefficient (Wildman–Crippen LogP) is 3.31. The van der Waals surface area contributed by atoms with Crippen LogP contribution in [0, 0.1) is 6.92 Å². The van der Waals surface area contributed by atoms with E-state index >= 15 is 0 Å². The van der Waals surface area contributed by atoms with E-state index in [0.717, 1.165) is 27.8 Å². The average Bonchev–Trinajstić information content (AvgIpc) is 3.24. The monoisotopic (exact) mass is 304 g/mol. The minimum absolute atomic E-state index is 0.0567. The number of aryl methyl sites for hydroxylation is 1. The van der Waals surface area contributed by atoms with E-state index in [0.29, 0.717) is 6.04 Å². The van der Waals surface area contributed by atoms with Gasteiger partial charge in [0.05, 0.1) is 20.3 Å². The number of aromatic nitrogens is 1. The quantitative estimate of drug-likeness (QED) is 0.889. The molecule has 1 aromatic heterocycles. The van der Waals surface area contributed by atoms with Gasteiger partial charge in [0.25, 0.3) is 0 Å². The van der Waals surface area contributed by atoms with Crippen LogP contribution in [-0.2, 0) is 0 Å². The zero-order chi connectivity index (χ0) is 14.8. The molecule has 5 heteroatoms. The molecule has 4 nitrogen and oxygen atoms in total. The van der Waals surface area contributed by atoms with E-state index in [-0.39, 0.29) is 6.04 Å². The molecular formula is C16H20N2O2S. The van der Waals surface area contributed by atoms with Crippen molar-refractivity contribution in [3.05, 3.63) is 39.8 Å². The SMILES string of the molecule is COc1ccc(OC)c(C(NC2CC2)c2nc(C)cs2)c1. The molecule has 0 bridgehead atoms. The number of benzene rings is 1. The van der Waals surface area contributed by atoms with Crippen LogP contribution in [0.25, 0.3) is 0 Å². The van der Waals surface area contributed by atoms with E-state index in [9.17, 15) is 0 Å². The maximum absolute atomic E-state index is 5.54. The molecule has 21 heavy (non-hydrogen) atoms. The second-order valence-corrected chi connectivity index (χ2v) is 6.20. The molecule has 1 heterocycles. The highest BCUT2D eigenvalue weighted by Gasteiger charge is 2.29. The molecule has 1 N–H and O–H groups in total. The maximum atomic E-state index is 5.54. The normalized spacial score (nSPS) is 15.8. The highest BCUT2D eigenvalue weighted by Crippen LogP contribution is 2.36. The van der Waals surface area contributed by atoms with E-state index in [1.165, 1.54) is 12.8 Å². The Bertz CT molecular complexity index is 622. The van der Waals surface area contributed by atoms with Crippen LogP contribution in [0.3, 0.4) is 0 Å². The average molecular weight is 304 g/mol. The molecule has 1 aromatic carbocycles. The fourth-order valence-electron chi connectivity index (χ4n) is 2.35. The molecule has 0 amide bonds. The third-order valence-electron chi connectivity index (χ3n) is 3.61. The Labute approximate surface area is 129 Å². The second kappa shape index (κ2) is 6.03. The van der Waals surface area contributed by atoms with Crippen LogP contribution in [0.15, 0.2) is 23.6 Å². The third kappa shape index (κ3) is 3.19. The largest absolute Gasteiger partial charge is 0.497 e. The van der Waals surface area contributed by atoms with Crippen LogP contribution in [0.2, 0.25) is 0 Å². The summed E-state index contributed by atoms with van der Waals surface area (Å²) in [4.78, 5) is 4.66. The number of nitrogens with zero attached hydrogens (tertiary/aromatic N) is 1. The van der Waals surface area contributed by atoms with Crippen LogP contribution in [0.1, 0.15) is 35.1 Å². The topological polar surface area (TPSA) is 43.4 Å². The number of hydrogen-bond donors (Lipinski definition) is 1. The van der Waals surface area contributed by atoms with Crippen molar-refractivity contribution in [3.8, 4) is 11.5 Å². The molecule has 112 valence electrons. The van der Waals surface area contributed by atoms with Gasteiger partial charge in [0.2, 0.25) is 0 Å².